The molecule has 0 spiro atoms. The van der Waals surface area contributed by atoms with Crippen molar-refractivity contribution in [3.8, 4) is 6.07 Å². The van der Waals surface area contributed by atoms with E-state index in [9.17, 15) is 4.79 Å². The highest BCUT2D eigenvalue weighted by Crippen LogP contribution is 2.48. The Morgan fingerprint density at radius 2 is 2.16 bits per heavy atom. The number of morpholine rings is 1. The monoisotopic (exact) mass is 427 g/mol. The summed E-state index contributed by atoms with van der Waals surface area (Å²) in [5, 5.41) is 21.3. The number of aromatic nitrogens is 1. The van der Waals surface area contributed by atoms with Gasteiger partial charge in [-0.2, -0.15) is 5.26 Å². The van der Waals surface area contributed by atoms with Gasteiger partial charge in [0, 0.05) is 51.6 Å². The lowest BCUT2D eigenvalue weighted by Crippen LogP contribution is -2.61. The van der Waals surface area contributed by atoms with Gasteiger partial charge < -0.3 is 20.1 Å². The highest BCUT2D eigenvalue weighted by atomic mass is 16.5. The predicted molar refractivity (Wildman–Crippen MR) is 116 cm³/mol. The molecule has 0 bridgehead atoms. The number of hydrogen-bond acceptors (Lipinski definition) is 7. The van der Waals surface area contributed by atoms with Crippen molar-refractivity contribution in [3.63, 3.8) is 0 Å². The molecule has 3 fully saturated rings. The second kappa shape index (κ2) is 9.94. The summed E-state index contributed by atoms with van der Waals surface area (Å²) in [5.74, 6) is 1.28. The Bertz CT molecular complexity index is 789. The maximum atomic E-state index is 13.5. The molecule has 3 atom stereocenters. The quantitative estimate of drug-likeness (QED) is 0.657. The molecule has 3 heterocycles. The fourth-order valence-corrected chi connectivity index (χ4v) is 5.57. The van der Waals surface area contributed by atoms with Gasteiger partial charge in [0.1, 0.15) is 11.9 Å². The van der Waals surface area contributed by atoms with E-state index in [0.717, 1.165) is 64.3 Å². The number of anilines is 1. The minimum Gasteiger partial charge on any atom is -0.396 e. The van der Waals surface area contributed by atoms with Gasteiger partial charge in [-0.1, -0.05) is 0 Å². The van der Waals surface area contributed by atoms with Gasteiger partial charge in [0.05, 0.1) is 24.2 Å². The zero-order valence-electron chi connectivity index (χ0n) is 18.1. The van der Waals surface area contributed by atoms with Gasteiger partial charge in [-0.3, -0.25) is 9.69 Å². The predicted octanol–water partition coefficient (Wildman–Crippen LogP) is 1.15. The lowest BCUT2D eigenvalue weighted by atomic mass is 9.61. The van der Waals surface area contributed by atoms with Crippen LogP contribution in [0.2, 0.25) is 0 Å². The Labute approximate surface area is 184 Å². The van der Waals surface area contributed by atoms with E-state index < -0.39 is 5.41 Å². The summed E-state index contributed by atoms with van der Waals surface area (Å²) < 4.78 is 5.53. The molecule has 0 radical (unpaired) electrons. The van der Waals surface area contributed by atoms with Crippen LogP contribution in [0, 0.1) is 22.7 Å². The summed E-state index contributed by atoms with van der Waals surface area (Å²) in [6, 6.07) is 6.31. The highest BCUT2D eigenvalue weighted by molar-refractivity contribution is 5.84. The van der Waals surface area contributed by atoms with Gasteiger partial charge in [-0.05, 0) is 50.2 Å². The molecule has 2 N–H and O–H groups in total. The van der Waals surface area contributed by atoms with Gasteiger partial charge in [-0.15, -0.1) is 0 Å². The van der Waals surface area contributed by atoms with Crippen molar-refractivity contribution in [1.82, 2.24) is 15.2 Å². The van der Waals surface area contributed by atoms with Crippen LogP contribution >= 0.6 is 0 Å². The average Bonchev–Trinajstić information content (AvgIpc) is 2.84. The number of carbonyl (C=O) groups is 1. The van der Waals surface area contributed by atoms with Gasteiger partial charge >= 0.3 is 0 Å². The number of nitriles is 1. The van der Waals surface area contributed by atoms with Crippen molar-refractivity contribution in [3.05, 3.63) is 23.9 Å². The standard InChI is InChI=1S/C23H33N5O3/c24-15-18-2-3-21(26-16-18)28-8-5-19-14-20(27-9-12-31-13-10-27)4-6-23(19,17-28)22(30)25-7-1-11-29/h2-3,16,19-20,29H,1,4-14,17H2,(H,25,30)/t19-,20+,23-/m1/s1. The number of fused-ring (bicyclic) bond motifs is 1. The van der Waals surface area contributed by atoms with Crippen molar-refractivity contribution in [2.45, 2.75) is 38.1 Å². The summed E-state index contributed by atoms with van der Waals surface area (Å²) in [7, 11) is 0. The van der Waals surface area contributed by atoms with Crippen molar-refractivity contribution in [2.24, 2.45) is 11.3 Å². The number of piperidine rings is 1. The zero-order valence-corrected chi connectivity index (χ0v) is 18.1. The molecule has 8 nitrogen and oxygen atoms in total. The second-order valence-corrected chi connectivity index (χ2v) is 8.99. The normalized spacial score (nSPS) is 29.1. The zero-order chi connectivity index (χ0) is 21.7. The van der Waals surface area contributed by atoms with Crippen LogP contribution < -0.4 is 10.2 Å². The fraction of sp³-hybridized carbons (Fsp3) is 0.696. The third-order valence-electron chi connectivity index (χ3n) is 7.32. The molecule has 31 heavy (non-hydrogen) atoms. The van der Waals surface area contributed by atoms with Crippen LogP contribution in [-0.2, 0) is 9.53 Å². The summed E-state index contributed by atoms with van der Waals surface area (Å²) in [5.41, 5.74) is 0.104. The Kier molecular flexibility index (Phi) is 7.06. The van der Waals surface area contributed by atoms with Crippen molar-refractivity contribution in [1.29, 1.82) is 5.26 Å². The number of nitrogens with zero attached hydrogens (tertiary/aromatic N) is 4. The maximum absolute atomic E-state index is 13.5. The van der Waals surface area contributed by atoms with Crippen molar-refractivity contribution < 1.29 is 14.6 Å². The SMILES string of the molecule is N#Cc1ccc(N2CC[C@@H]3C[C@@H](N4CCOCC4)CC[C@@]3(C(=O)NCCCO)C2)nc1. The van der Waals surface area contributed by atoms with E-state index in [2.05, 4.69) is 26.2 Å². The molecular formula is C23H33N5O3. The van der Waals surface area contributed by atoms with Crippen LogP contribution in [0.4, 0.5) is 5.82 Å². The molecule has 1 aromatic heterocycles. The van der Waals surface area contributed by atoms with Gasteiger partial charge in [0.2, 0.25) is 5.91 Å². The molecule has 4 rings (SSSR count). The van der Waals surface area contributed by atoms with Crippen LogP contribution in [0.25, 0.3) is 0 Å². The average molecular weight is 428 g/mol. The number of pyridine rings is 1. The van der Waals surface area contributed by atoms with Gasteiger partial charge in [0.15, 0.2) is 0 Å². The first-order valence-corrected chi connectivity index (χ1v) is 11.5. The maximum Gasteiger partial charge on any atom is 0.228 e. The Balaban J connectivity index is 1.52. The molecule has 1 aliphatic carbocycles. The Morgan fingerprint density at radius 1 is 1.32 bits per heavy atom. The lowest BCUT2D eigenvalue weighted by Gasteiger charge is -2.53. The smallest absolute Gasteiger partial charge is 0.228 e. The van der Waals surface area contributed by atoms with Crippen LogP contribution in [-0.4, -0.2) is 79.5 Å². The number of ether oxygens (including phenoxy) is 1. The second-order valence-electron chi connectivity index (χ2n) is 8.99. The van der Waals surface area contributed by atoms with E-state index in [1.807, 2.05) is 6.07 Å². The van der Waals surface area contributed by atoms with Gasteiger partial charge in [-0.25, -0.2) is 4.98 Å². The molecule has 0 unspecified atom stereocenters. The fourth-order valence-electron chi connectivity index (χ4n) is 5.57. The van der Waals surface area contributed by atoms with Crippen molar-refractivity contribution in [2.75, 3.05) is 57.4 Å². The molecular weight excluding hydrogens is 394 g/mol. The number of rotatable bonds is 6. The molecule has 2 aliphatic heterocycles. The number of aliphatic hydroxyl groups is 1. The topological polar surface area (TPSA) is 102 Å². The Morgan fingerprint density at radius 3 is 2.87 bits per heavy atom. The van der Waals surface area contributed by atoms with E-state index in [1.165, 1.54) is 0 Å². The van der Waals surface area contributed by atoms with E-state index in [0.29, 0.717) is 37.0 Å². The minimum absolute atomic E-state index is 0.0805. The Hall–Kier alpha value is -2.21. The molecule has 2 saturated heterocycles. The van der Waals surface area contributed by atoms with Gasteiger partial charge in [0.25, 0.3) is 0 Å². The van der Waals surface area contributed by atoms with Crippen LogP contribution in [0.15, 0.2) is 18.3 Å². The lowest BCUT2D eigenvalue weighted by molar-refractivity contribution is -0.139. The van der Waals surface area contributed by atoms with Crippen LogP contribution in [0.5, 0.6) is 0 Å². The van der Waals surface area contributed by atoms with E-state index >= 15 is 0 Å². The minimum atomic E-state index is -0.438. The number of aliphatic hydroxyl groups excluding tert-OH is 1. The van der Waals surface area contributed by atoms with Crippen LogP contribution in [0.1, 0.15) is 37.7 Å². The third kappa shape index (κ3) is 4.69. The highest BCUT2D eigenvalue weighted by Gasteiger charge is 2.52. The molecule has 1 aromatic rings. The number of nitrogens with one attached hydrogen (secondary N) is 1. The molecule has 1 amide bonds. The van der Waals surface area contributed by atoms with E-state index in [1.54, 1.807) is 12.3 Å². The molecule has 8 heteroatoms. The summed E-state index contributed by atoms with van der Waals surface area (Å²) >= 11 is 0. The third-order valence-corrected chi connectivity index (χ3v) is 7.32. The molecule has 168 valence electrons. The van der Waals surface area contributed by atoms with Crippen molar-refractivity contribution >= 4 is 11.7 Å². The summed E-state index contributed by atoms with van der Waals surface area (Å²) in [6.07, 6.45) is 6.04. The summed E-state index contributed by atoms with van der Waals surface area (Å²) in [4.78, 5) is 22.7. The number of amides is 1. The number of hydrogen-bond donors (Lipinski definition) is 2. The first-order chi connectivity index (χ1) is 15.2. The van der Waals surface area contributed by atoms with Crippen LogP contribution in [0.3, 0.4) is 0 Å². The largest absolute Gasteiger partial charge is 0.396 e. The first kappa shape index (κ1) is 22.0. The van der Waals surface area contributed by atoms with E-state index in [-0.39, 0.29) is 12.5 Å². The molecule has 3 aliphatic rings. The summed E-state index contributed by atoms with van der Waals surface area (Å²) in [6.45, 7) is 5.66. The molecule has 0 aromatic carbocycles. The molecule has 1 saturated carbocycles. The number of carbonyl (C=O) groups excluding carboxylic acids is 1. The first-order valence-electron chi connectivity index (χ1n) is 11.5. The van der Waals surface area contributed by atoms with E-state index in [4.69, 9.17) is 15.1 Å².